The van der Waals surface area contributed by atoms with E-state index in [0.29, 0.717) is 32.0 Å². The Bertz CT molecular complexity index is 526. The number of ether oxygens (including phenoxy) is 1. The lowest BCUT2D eigenvalue weighted by Gasteiger charge is -2.20. The minimum Gasteiger partial charge on any atom is -0.494 e. The Balaban J connectivity index is 2.85. The monoisotopic (exact) mass is 312 g/mol. The molecule has 1 rings (SSSR count). The Hall–Kier alpha value is -1.37. The van der Waals surface area contributed by atoms with Crippen LogP contribution in [0.25, 0.3) is 0 Å². The van der Waals surface area contributed by atoms with E-state index in [4.69, 9.17) is 10.5 Å². The van der Waals surface area contributed by atoms with Gasteiger partial charge in [-0.2, -0.15) is 4.31 Å². The van der Waals surface area contributed by atoms with Crippen LogP contribution in [0.5, 0.6) is 5.75 Å². The second-order valence-corrected chi connectivity index (χ2v) is 6.55. The summed E-state index contributed by atoms with van der Waals surface area (Å²) in [6, 6.07) is 6.47. The summed E-state index contributed by atoms with van der Waals surface area (Å²) in [6.45, 7) is 7.44. The van der Waals surface area contributed by atoms with Gasteiger partial charge in [-0.3, -0.25) is 0 Å². The Morgan fingerprint density at radius 1 is 1.33 bits per heavy atom. The average molecular weight is 312 g/mol. The topological polar surface area (TPSA) is 72.6 Å². The van der Waals surface area contributed by atoms with E-state index in [1.54, 1.807) is 30.3 Å². The predicted octanol–water partition coefficient (Wildman–Crippen LogP) is 2.00. The third kappa shape index (κ3) is 5.15. The molecule has 118 valence electrons. The van der Waals surface area contributed by atoms with Crippen LogP contribution in [0.15, 0.2) is 41.8 Å². The fourth-order valence-electron chi connectivity index (χ4n) is 1.83. The molecule has 0 aliphatic carbocycles. The van der Waals surface area contributed by atoms with Gasteiger partial charge in [-0.15, -0.1) is 6.58 Å². The highest BCUT2D eigenvalue weighted by atomic mass is 32.2. The van der Waals surface area contributed by atoms with E-state index in [1.807, 2.05) is 6.92 Å². The molecule has 0 radical (unpaired) electrons. The van der Waals surface area contributed by atoms with Crippen LogP contribution in [-0.2, 0) is 10.0 Å². The van der Waals surface area contributed by atoms with Crippen LogP contribution in [0.4, 0.5) is 0 Å². The van der Waals surface area contributed by atoms with Crippen molar-refractivity contribution in [2.75, 3.05) is 26.2 Å². The van der Waals surface area contributed by atoms with Crippen molar-refractivity contribution < 1.29 is 13.2 Å². The first kappa shape index (κ1) is 17.7. The Morgan fingerprint density at radius 3 is 2.52 bits per heavy atom. The second kappa shape index (κ2) is 8.81. The number of rotatable bonds is 10. The highest BCUT2D eigenvalue weighted by Gasteiger charge is 2.22. The average Bonchev–Trinajstić information content (AvgIpc) is 2.48. The molecular weight excluding hydrogens is 288 g/mol. The molecule has 0 fully saturated rings. The lowest BCUT2D eigenvalue weighted by Crippen LogP contribution is -2.31. The molecule has 0 aliphatic heterocycles. The molecule has 0 saturated carbocycles. The van der Waals surface area contributed by atoms with Crippen molar-refractivity contribution in [1.29, 1.82) is 0 Å². The molecular formula is C15H24N2O3S. The molecule has 0 aromatic heterocycles. The van der Waals surface area contributed by atoms with Crippen LogP contribution >= 0.6 is 0 Å². The molecule has 1 aromatic rings. The zero-order chi connectivity index (χ0) is 15.7. The minimum atomic E-state index is -3.48. The van der Waals surface area contributed by atoms with Gasteiger partial charge in [0, 0.05) is 13.1 Å². The third-order valence-corrected chi connectivity index (χ3v) is 4.76. The summed E-state index contributed by atoms with van der Waals surface area (Å²) in [4.78, 5) is 0.268. The first-order valence-electron chi connectivity index (χ1n) is 7.10. The van der Waals surface area contributed by atoms with Crippen LogP contribution in [0, 0.1) is 0 Å². The lowest BCUT2D eigenvalue weighted by atomic mass is 10.3. The number of sulfonamides is 1. The Labute approximate surface area is 127 Å². The number of hydrogen-bond acceptors (Lipinski definition) is 4. The van der Waals surface area contributed by atoms with E-state index >= 15 is 0 Å². The maximum atomic E-state index is 12.5. The van der Waals surface area contributed by atoms with Crippen LogP contribution in [0.3, 0.4) is 0 Å². The smallest absolute Gasteiger partial charge is 0.243 e. The van der Waals surface area contributed by atoms with Crippen LogP contribution in [0.2, 0.25) is 0 Å². The molecule has 0 atom stereocenters. The van der Waals surface area contributed by atoms with Crippen molar-refractivity contribution in [3.63, 3.8) is 0 Å². The second-order valence-electron chi connectivity index (χ2n) is 4.61. The van der Waals surface area contributed by atoms with Crippen molar-refractivity contribution in [3.8, 4) is 5.75 Å². The van der Waals surface area contributed by atoms with Crippen LogP contribution in [0.1, 0.15) is 19.8 Å². The molecule has 5 nitrogen and oxygen atoms in total. The predicted molar refractivity (Wildman–Crippen MR) is 84.9 cm³/mol. The van der Waals surface area contributed by atoms with Crippen molar-refractivity contribution in [2.45, 2.75) is 24.7 Å². The first-order valence-corrected chi connectivity index (χ1v) is 8.54. The van der Waals surface area contributed by atoms with Gasteiger partial charge in [0.05, 0.1) is 11.5 Å². The van der Waals surface area contributed by atoms with Crippen LogP contribution in [-0.4, -0.2) is 39.0 Å². The first-order chi connectivity index (χ1) is 10.1. The van der Waals surface area contributed by atoms with Gasteiger partial charge in [0.15, 0.2) is 0 Å². The summed E-state index contributed by atoms with van der Waals surface area (Å²) in [6.07, 6.45) is 3.12. The van der Waals surface area contributed by atoms with Gasteiger partial charge in [-0.1, -0.05) is 13.0 Å². The summed E-state index contributed by atoms with van der Waals surface area (Å²) in [5.41, 5.74) is 5.39. The van der Waals surface area contributed by atoms with Gasteiger partial charge >= 0.3 is 0 Å². The normalized spacial score (nSPS) is 11.6. The zero-order valence-corrected chi connectivity index (χ0v) is 13.3. The highest BCUT2D eigenvalue weighted by Crippen LogP contribution is 2.20. The minimum absolute atomic E-state index is 0.268. The summed E-state index contributed by atoms with van der Waals surface area (Å²) >= 11 is 0. The zero-order valence-electron chi connectivity index (χ0n) is 12.5. The summed E-state index contributed by atoms with van der Waals surface area (Å²) < 4.78 is 31.9. The van der Waals surface area contributed by atoms with E-state index in [1.165, 1.54) is 4.31 Å². The van der Waals surface area contributed by atoms with E-state index in [2.05, 4.69) is 6.58 Å². The summed E-state index contributed by atoms with van der Waals surface area (Å²) in [5, 5.41) is 0. The number of hydrogen-bond donors (Lipinski definition) is 1. The van der Waals surface area contributed by atoms with E-state index in [-0.39, 0.29) is 4.90 Å². The quantitative estimate of drug-likeness (QED) is 0.530. The van der Waals surface area contributed by atoms with E-state index in [0.717, 1.165) is 12.8 Å². The molecule has 0 bridgehead atoms. The van der Waals surface area contributed by atoms with Gasteiger partial charge in [0.25, 0.3) is 0 Å². The van der Waals surface area contributed by atoms with Crippen LogP contribution < -0.4 is 10.5 Å². The van der Waals surface area contributed by atoms with E-state index < -0.39 is 10.0 Å². The molecule has 0 saturated heterocycles. The molecule has 0 aliphatic rings. The van der Waals surface area contributed by atoms with Crippen molar-refractivity contribution >= 4 is 10.0 Å². The Kier molecular flexibility index (Phi) is 7.42. The molecule has 0 spiro atoms. The molecule has 1 aromatic carbocycles. The summed E-state index contributed by atoms with van der Waals surface area (Å²) in [5.74, 6) is 0.646. The maximum absolute atomic E-state index is 12.5. The lowest BCUT2D eigenvalue weighted by molar-refractivity contribution is 0.313. The fraction of sp³-hybridized carbons (Fsp3) is 0.467. The van der Waals surface area contributed by atoms with Crippen molar-refractivity contribution in [1.82, 2.24) is 4.31 Å². The maximum Gasteiger partial charge on any atom is 0.243 e. The van der Waals surface area contributed by atoms with Gasteiger partial charge < -0.3 is 10.5 Å². The molecule has 0 amide bonds. The van der Waals surface area contributed by atoms with Gasteiger partial charge in [-0.25, -0.2) is 8.42 Å². The molecule has 21 heavy (non-hydrogen) atoms. The molecule has 0 unspecified atom stereocenters. The largest absolute Gasteiger partial charge is 0.494 e. The summed E-state index contributed by atoms with van der Waals surface area (Å²) in [7, 11) is -3.48. The van der Waals surface area contributed by atoms with Gasteiger partial charge in [0.1, 0.15) is 5.75 Å². The van der Waals surface area contributed by atoms with Crippen molar-refractivity contribution in [2.24, 2.45) is 5.73 Å². The fourth-order valence-corrected chi connectivity index (χ4v) is 3.34. The standard InChI is InChI=1S/C15H24N2O3S/c1-3-11-17(12-4-2)21(18,19)15-8-6-14(7-9-15)20-13-5-10-16/h3,6-9H,1,4-5,10-13,16H2,2H3. The molecule has 2 N–H and O–H groups in total. The molecule has 6 heteroatoms. The highest BCUT2D eigenvalue weighted by molar-refractivity contribution is 7.89. The third-order valence-electron chi connectivity index (χ3n) is 2.88. The van der Waals surface area contributed by atoms with E-state index in [9.17, 15) is 8.42 Å². The number of nitrogens with two attached hydrogens (primary N) is 1. The Morgan fingerprint density at radius 2 is 2.00 bits per heavy atom. The van der Waals surface area contributed by atoms with Gasteiger partial charge in [0.2, 0.25) is 10.0 Å². The number of benzene rings is 1. The van der Waals surface area contributed by atoms with Crippen molar-refractivity contribution in [3.05, 3.63) is 36.9 Å². The molecule has 0 heterocycles. The van der Waals surface area contributed by atoms with Gasteiger partial charge in [-0.05, 0) is 43.7 Å². The SMILES string of the molecule is C=CCN(CCC)S(=O)(=O)c1ccc(OCCCN)cc1. The number of nitrogens with zero attached hydrogens (tertiary/aromatic N) is 1.